The molecule has 0 spiro atoms. The largest absolute Gasteiger partial charge is 0.318 e. The number of aromatic nitrogens is 1. The van der Waals surface area contributed by atoms with E-state index in [-0.39, 0.29) is 5.56 Å². The maximum Gasteiger partial charge on any atom is 0.253 e. The molecule has 0 saturated heterocycles. The molecule has 0 saturated carbocycles. The van der Waals surface area contributed by atoms with Crippen LogP contribution in [0.15, 0.2) is 17.1 Å². The quantitative estimate of drug-likeness (QED) is 0.675. The standard InChI is InChI=1S/C10H15NO.C2H6/c1-7(2)9-5-6-11(4)10(12)8(9)3;1-2/h5-7H,1-4H3;1-2H3. The molecule has 1 heterocycles. The number of hydrogen-bond acceptors (Lipinski definition) is 1. The monoisotopic (exact) mass is 195 g/mol. The highest BCUT2D eigenvalue weighted by Gasteiger charge is 2.06. The van der Waals surface area contributed by atoms with Crippen molar-refractivity contribution in [2.45, 2.75) is 40.5 Å². The zero-order valence-corrected chi connectivity index (χ0v) is 10.1. The summed E-state index contributed by atoms with van der Waals surface area (Å²) in [5, 5.41) is 0. The van der Waals surface area contributed by atoms with E-state index in [1.807, 2.05) is 33.0 Å². The highest BCUT2D eigenvalue weighted by molar-refractivity contribution is 5.25. The molecular formula is C12H21NO. The molecule has 2 heteroatoms. The van der Waals surface area contributed by atoms with Gasteiger partial charge < -0.3 is 4.57 Å². The van der Waals surface area contributed by atoms with Crippen LogP contribution in [0.5, 0.6) is 0 Å². The minimum absolute atomic E-state index is 0.112. The Morgan fingerprint density at radius 2 is 1.79 bits per heavy atom. The van der Waals surface area contributed by atoms with E-state index >= 15 is 0 Å². The van der Waals surface area contributed by atoms with Gasteiger partial charge in [-0.25, -0.2) is 0 Å². The molecule has 0 aliphatic carbocycles. The van der Waals surface area contributed by atoms with Crippen molar-refractivity contribution in [1.29, 1.82) is 0 Å². The molecule has 14 heavy (non-hydrogen) atoms. The summed E-state index contributed by atoms with van der Waals surface area (Å²) in [6.45, 7) is 10.1. The van der Waals surface area contributed by atoms with Crippen LogP contribution < -0.4 is 5.56 Å². The molecule has 0 fully saturated rings. The van der Waals surface area contributed by atoms with Gasteiger partial charge in [-0.15, -0.1) is 0 Å². The lowest BCUT2D eigenvalue weighted by Gasteiger charge is -2.09. The first-order valence-corrected chi connectivity index (χ1v) is 5.20. The maximum atomic E-state index is 11.5. The Morgan fingerprint density at radius 1 is 1.29 bits per heavy atom. The van der Waals surface area contributed by atoms with Crippen LogP contribution in [-0.2, 0) is 7.05 Å². The van der Waals surface area contributed by atoms with Crippen LogP contribution in [0.3, 0.4) is 0 Å². The van der Waals surface area contributed by atoms with Gasteiger partial charge in [0.15, 0.2) is 0 Å². The van der Waals surface area contributed by atoms with Crippen LogP contribution in [0.4, 0.5) is 0 Å². The van der Waals surface area contributed by atoms with Gasteiger partial charge in [0.2, 0.25) is 0 Å². The molecule has 0 aromatic carbocycles. The van der Waals surface area contributed by atoms with Gasteiger partial charge in [-0.1, -0.05) is 27.7 Å². The van der Waals surface area contributed by atoms with Gasteiger partial charge in [-0.05, 0) is 24.5 Å². The Bertz CT molecular complexity index is 337. The maximum absolute atomic E-state index is 11.5. The molecule has 0 amide bonds. The van der Waals surface area contributed by atoms with E-state index in [0.717, 1.165) is 11.1 Å². The molecule has 0 aliphatic heterocycles. The predicted molar refractivity (Wildman–Crippen MR) is 61.9 cm³/mol. The Balaban J connectivity index is 0.000000791. The Kier molecular flexibility index (Phi) is 5.21. The second kappa shape index (κ2) is 5.63. The molecule has 0 unspecified atom stereocenters. The van der Waals surface area contributed by atoms with Gasteiger partial charge in [-0.2, -0.15) is 0 Å². The van der Waals surface area contributed by atoms with Crippen molar-refractivity contribution < 1.29 is 0 Å². The van der Waals surface area contributed by atoms with Crippen molar-refractivity contribution in [2.24, 2.45) is 7.05 Å². The van der Waals surface area contributed by atoms with Gasteiger partial charge in [-0.3, -0.25) is 4.79 Å². The molecule has 0 N–H and O–H groups in total. The smallest absolute Gasteiger partial charge is 0.253 e. The number of pyridine rings is 1. The Hall–Kier alpha value is -1.05. The second-order valence-electron chi connectivity index (χ2n) is 3.47. The summed E-state index contributed by atoms with van der Waals surface area (Å²) in [5.74, 6) is 0.430. The van der Waals surface area contributed by atoms with Gasteiger partial charge in [0.25, 0.3) is 5.56 Å². The zero-order valence-electron chi connectivity index (χ0n) is 10.1. The fraction of sp³-hybridized carbons (Fsp3) is 0.583. The van der Waals surface area contributed by atoms with E-state index < -0.39 is 0 Å². The van der Waals surface area contributed by atoms with Gasteiger partial charge >= 0.3 is 0 Å². The summed E-state index contributed by atoms with van der Waals surface area (Å²) in [6, 6.07) is 2.02. The van der Waals surface area contributed by atoms with Crippen LogP contribution in [0.2, 0.25) is 0 Å². The first-order chi connectivity index (χ1) is 6.54. The minimum Gasteiger partial charge on any atom is -0.318 e. The summed E-state index contributed by atoms with van der Waals surface area (Å²) in [4.78, 5) is 11.5. The minimum atomic E-state index is 0.112. The molecular weight excluding hydrogens is 174 g/mol. The van der Waals surface area contributed by atoms with Crippen molar-refractivity contribution >= 4 is 0 Å². The fourth-order valence-electron chi connectivity index (χ4n) is 1.40. The third-order valence-corrected chi connectivity index (χ3v) is 2.17. The summed E-state index contributed by atoms with van der Waals surface area (Å²) in [7, 11) is 1.78. The van der Waals surface area contributed by atoms with Crippen LogP contribution in [0.25, 0.3) is 0 Å². The highest BCUT2D eigenvalue weighted by Crippen LogP contribution is 2.14. The molecule has 0 bridgehead atoms. The van der Waals surface area contributed by atoms with E-state index in [0.29, 0.717) is 5.92 Å². The normalized spacial score (nSPS) is 9.64. The van der Waals surface area contributed by atoms with E-state index in [4.69, 9.17) is 0 Å². The molecule has 1 rings (SSSR count). The lowest BCUT2D eigenvalue weighted by atomic mass is 10.0. The number of nitrogens with zero attached hydrogens (tertiary/aromatic N) is 1. The summed E-state index contributed by atoms with van der Waals surface area (Å²) < 4.78 is 1.61. The van der Waals surface area contributed by atoms with Crippen molar-refractivity contribution in [3.05, 3.63) is 33.7 Å². The number of rotatable bonds is 1. The van der Waals surface area contributed by atoms with E-state index in [1.54, 1.807) is 11.6 Å². The SMILES string of the molecule is CC.Cc1c(C(C)C)ccn(C)c1=O. The van der Waals surface area contributed by atoms with Crippen LogP contribution >= 0.6 is 0 Å². The molecule has 0 atom stereocenters. The van der Waals surface area contributed by atoms with Crippen molar-refractivity contribution in [2.75, 3.05) is 0 Å². The lowest BCUT2D eigenvalue weighted by molar-refractivity contribution is 0.797. The Labute approximate surface area is 86.6 Å². The predicted octanol–water partition coefficient (Wildman–Crippen LogP) is 2.84. The number of hydrogen-bond donors (Lipinski definition) is 0. The third-order valence-electron chi connectivity index (χ3n) is 2.17. The van der Waals surface area contributed by atoms with E-state index in [2.05, 4.69) is 13.8 Å². The van der Waals surface area contributed by atoms with Crippen molar-refractivity contribution in [3.8, 4) is 0 Å². The average Bonchev–Trinajstić information content (AvgIpc) is 2.17. The molecule has 0 aliphatic rings. The number of aryl methyl sites for hydroxylation is 1. The molecule has 2 nitrogen and oxygen atoms in total. The fourth-order valence-corrected chi connectivity index (χ4v) is 1.40. The topological polar surface area (TPSA) is 22.0 Å². The third kappa shape index (κ3) is 2.72. The molecule has 1 aromatic rings. The molecule has 0 radical (unpaired) electrons. The zero-order chi connectivity index (χ0) is 11.3. The Morgan fingerprint density at radius 3 is 2.21 bits per heavy atom. The second-order valence-corrected chi connectivity index (χ2v) is 3.47. The summed E-state index contributed by atoms with van der Waals surface area (Å²) >= 11 is 0. The van der Waals surface area contributed by atoms with Crippen LogP contribution in [0, 0.1) is 6.92 Å². The van der Waals surface area contributed by atoms with Gasteiger partial charge in [0, 0.05) is 18.8 Å². The van der Waals surface area contributed by atoms with Crippen LogP contribution in [0.1, 0.15) is 44.7 Å². The van der Waals surface area contributed by atoms with Crippen molar-refractivity contribution in [3.63, 3.8) is 0 Å². The van der Waals surface area contributed by atoms with Gasteiger partial charge in [0.05, 0.1) is 0 Å². The average molecular weight is 195 g/mol. The van der Waals surface area contributed by atoms with Gasteiger partial charge in [0.1, 0.15) is 0 Å². The van der Waals surface area contributed by atoms with Crippen molar-refractivity contribution in [1.82, 2.24) is 4.57 Å². The van der Waals surface area contributed by atoms with E-state index in [9.17, 15) is 4.79 Å². The lowest BCUT2D eigenvalue weighted by Crippen LogP contribution is -2.20. The highest BCUT2D eigenvalue weighted by atomic mass is 16.1. The summed E-state index contributed by atoms with van der Waals surface area (Å²) in [5.41, 5.74) is 2.13. The first kappa shape index (κ1) is 12.9. The molecule has 80 valence electrons. The summed E-state index contributed by atoms with van der Waals surface area (Å²) in [6.07, 6.45) is 1.82. The molecule has 1 aromatic heterocycles. The van der Waals surface area contributed by atoms with Crippen LogP contribution in [-0.4, -0.2) is 4.57 Å². The first-order valence-electron chi connectivity index (χ1n) is 5.20. The van der Waals surface area contributed by atoms with E-state index in [1.165, 1.54) is 0 Å².